The Morgan fingerprint density at radius 2 is 2.29 bits per heavy atom. The highest BCUT2D eigenvalue weighted by Gasteiger charge is 1.99. The molecule has 0 fully saturated rings. The van der Waals surface area contributed by atoms with Crippen LogP contribution < -0.4 is 11.2 Å². The zero-order valence-electron chi connectivity index (χ0n) is 7.82. The van der Waals surface area contributed by atoms with E-state index >= 15 is 0 Å². The number of aromatic amines is 1. The summed E-state index contributed by atoms with van der Waals surface area (Å²) in [7, 11) is 0. The molecular weight excluding hydrogens is 204 g/mol. The van der Waals surface area contributed by atoms with Crippen LogP contribution in [-0.2, 0) is 11.5 Å². The summed E-state index contributed by atoms with van der Waals surface area (Å²) in [6.45, 7) is 2.23. The SMILES string of the molecule is Cc1cn(COCCS)c(=O)[nH]c1=O. The Morgan fingerprint density at radius 1 is 1.57 bits per heavy atom. The molecule has 6 heteroatoms. The standard InChI is InChI=1S/C8H12N2O3S/c1-6-4-10(5-13-2-3-14)8(12)9-7(6)11/h4,14H,2-3,5H2,1H3,(H,9,11,12). The fourth-order valence-electron chi connectivity index (χ4n) is 0.942. The number of aromatic nitrogens is 2. The summed E-state index contributed by atoms with van der Waals surface area (Å²) < 4.78 is 6.41. The second kappa shape index (κ2) is 5.02. The van der Waals surface area contributed by atoms with E-state index in [1.807, 2.05) is 0 Å². The number of thiol groups is 1. The van der Waals surface area contributed by atoms with Gasteiger partial charge in [0.05, 0.1) is 6.61 Å². The number of nitrogens with one attached hydrogen (secondary N) is 1. The molecule has 0 amide bonds. The predicted molar refractivity (Wildman–Crippen MR) is 55.9 cm³/mol. The van der Waals surface area contributed by atoms with Crippen LogP contribution in [-0.4, -0.2) is 21.9 Å². The highest BCUT2D eigenvalue weighted by Crippen LogP contribution is 1.86. The minimum absolute atomic E-state index is 0.136. The molecule has 0 bridgehead atoms. The number of aryl methyl sites for hydroxylation is 1. The molecule has 0 aliphatic rings. The molecule has 1 heterocycles. The van der Waals surface area contributed by atoms with Gasteiger partial charge in [-0.3, -0.25) is 14.3 Å². The van der Waals surface area contributed by atoms with Crippen LogP contribution >= 0.6 is 12.6 Å². The summed E-state index contributed by atoms with van der Waals surface area (Å²) in [4.78, 5) is 24.4. The van der Waals surface area contributed by atoms with Crippen molar-refractivity contribution in [2.45, 2.75) is 13.7 Å². The molecular formula is C8H12N2O3S. The van der Waals surface area contributed by atoms with E-state index in [4.69, 9.17) is 4.74 Å². The molecule has 0 spiro atoms. The first kappa shape index (κ1) is 11.1. The van der Waals surface area contributed by atoms with Crippen molar-refractivity contribution in [1.29, 1.82) is 0 Å². The van der Waals surface area contributed by atoms with Gasteiger partial charge in [-0.2, -0.15) is 12.6 Å². The zero-order chi connectivity index (χ0) is 10.6. The molecule has 1 aromatic heterocycles. The van der Waals surface area contributed by atoms with Gasteiger partial charge in [0.15, 0.2) is 0 Å². The first-order chi connectivity index (χ1) is 6.65. The number of nitrogens with zero attached hydrogens (tertiary/aromatic N) is 1. The van der Waals surface area contributed by atoms with Crippen LogP contribution in [0.3, 0.4) is 0 Å². The lowest BCUT2D eigenvalue weighted by molar-refractivity contribution is 0.0863. The number of hydrogen-bond acceptors (Lipinski definition) is 4. The highest BCUT2D eigenvalue weighted by molar-refractivity contribution is 7.80. The van der Waals surface area contributed by atoms with Gasteiger partial charge >= 0.3 is 5.69 Å². The van der Waals surface area contributed by atoms with E-state index in [9.17, 15) is 9.59 Å². The summed E-state index contributed by atoms with van der Waals surface area (Å²) in [5.74, 6) is 0.594. The lowest BCUT2D eigenvalue weighted by Crippen LogP contribution is -2.31. The van der Waals surface area contributed by atoms with Crippen LogP contribution in [0.1, 0.15) is 5.56 Å². The van der Waals surface area contributed by atoms with Crippen molar-refractivity contribution in [3.05, 3.63) is 32.6 Å². The van der Waals surface area contributed by atoms with Gasteiger partial charge in [-0.15, -0.1) is 0 Å². The first-order valence-corrected chi connectivity index (χ1v) is 4.77. The minimum Gasteiger partial charge on any atom is -0.360 e. The van der Waals surface area contributed by atoms with Crippen LogP contribution in [0.4, 0.5) is 0 Å². The Kier molecular flexibility index (Phi) is 3.97. The molecule has 0 radical (unpaired) electrons. The maximum Gasteiger partial charge on any atom is 0.330 e. The third kappa shape index (κ3) is 2.74. The van der Waals surface area contributed by atoms with E-state index in [2.05, 4.69) is 17.6 Å². The molecule has 1 N–H and O–H groups in total. The second-order valence-corrected chi connectivity index (χ2v) is 3.25. The van der Waals surface area contributed by atoms with E-state index in [1.54, 1.807) is 6.92 Å². The van der Waals surface area contributed by atoms with Gasteiger partial charge < -0.3 is 4.74 Å². The molecule has 0 saturated heterocycles. The van der Waals surface area contributed by atoms with Gasteiger partial charge in [-0.1, -0.05) is 0 Å². The maximum atomic E-state index is 11.2. The highest BCUT2D eigenvalue weighted by atomic mass is 32.1. The monoisotopic (exact) mass is 216 g/mol. The van der Waals surface area contributed by atoms with Crippen molar-refractivity contribution < 1.29 is 4.74 Å². The summed E-state index contributed by atoms with van der Waals surface area (Å²) in [5.41, 5.74) is -0.334. The average molecular weight is 216 g/mol. The Hall–Kier alpha value is -1.01. The fraction of sp³-hybridized carbons (Fsp3) is 0.500. The molecule has 1 aromatic rings. The number of hydrogen-bond donors (Lipinski definition) is 2. The normalized spacial score (nSPS) is 10.4. The van der Waals surface area contributed by atoms with Crippen LogP contribution in [0.2, 0.25) is 0 Å². The van der Waals surface area contributed by atoms with Gasteiger partial charge in [-0.25, -0.2) is 4.79 Å². The van der Waals surface area contributed by atoms with Crippen molar-refractivity contribution >= 4 is 12.6 Å². The molecule has 0 aliphatic heterocycles. The van der Waals surface area contributed by atoms with Gasteiger partial charge in [0.1, 0.15) is 6.73 Å². The second-order valence-electron chi connectivity index (χ2n) is 2.80. The van der Waals surface area contributed by atoms with Crippen molar-refractivity contribution in [3.8, 4) is 0 Å². The molecule has 78 valence electrons. The van der Waals surface area contributed by atoms with Crippen molar-refractivity contribution in [3.63, 3.8) is 0 Å². The predicted octanol–water partition coefficient (Wildman–Crippen LogP) is -0.251. The van der Waals surface area contributed by atoms with Crippen LogP contribution in [0, 0.1) is 6.92 Å². The Bertz CT molecular complexity index is 410. The molecule has 14 heavy (non-hydrogen) atoms. The number of ether oxygens (including phenoxy) is 1. The summed E-state index contributed by atoms with van der Waals surface area (Å²) in [6, 6.07) is 0. The Balaban J connectivity index is 2.82. The molecule has 0 aliphatic carbocycles. The van der Waals surface area contributed by atoms with Crippen molar-refractivity contribution in [1.82, 2.24) is 9.55 Å². The van der Waals surface area contributed by atoms with E-state index in [-0.39, 0.29) is 12.3 Å². The molecule has 0 aromatic carbocycles. The summed E-state index contributed by atoms with van der Waals surface area (Å²) >= 11 is 3.96. The lowest BCUT2D eigenvalue weighted by atomic mass is 10.4. The third-order valence-electron chi connectivity index (χ3n) is 1.65. The van der Waals surface area contributed by atoms with Crippen molar-refractivity contribution in [2.24, 2.45) is 0 Å². The summed E-state index contributed by atoms with van der Waals surface area (Å²) in [6.07, 6.45) is 1.47. The first-order valence-electron chi connectivity index (χ1n) is 4.14. The molecule has 0 unspecified atom stereocenters. The van der Waals surface area contributed by atoms with Crippen LogP contribution in [0.15, 0.2) is 15.8 Å². The largest absolute Gasteiger partial charge is 0.360 e. The number of rotatable bonds is 4. The quantitative estimate of drug-likeness (QED) is 0.539. The average Bonchev–Trinajstić information content (AvgIpc) is 2.14. The van der Waals surface area contributed by atoms with Gasteiger partial charge in [0.25, 0.3) is 5.56 Å². The third-order valence-corrected chi connectivity index (χ3v) is 1.84. The van der Waals surface area contributed by atoms with E-state index < -0.39 is 5.69 Å². The lowest BCUT2D eigenvalue weighted by Gasteiger charge is -2.05. The van der Waals surface area contributed by atoms with Crippen LogP contribution in [0.25, 0.3) is 0 Å². The topological polar surface area (TPSA) is 64.1 Å². The maximum absolute atomic E-state index is 11.2. The fourth-order valence-corrected chi connectivity index (χ4v) is 1.07. The van der Waals surface area contributed by atoms with Crippen molar-refractivity contribution in [2.75, 3.05) is 12.4 Å². The van der Waals surface area contributed by atoms with Gasteiger partial charge in [0.2, 0.25) is 0 Å². The minimum atomic E-state index is -0.459. The van der Waals surface area contributed by atoms with E-state index in [0.717, 1.165) is 0 Å². The molecule has 1 rings (SSSR count). The zero-order valence-corrected chi connectivity index (χ0v) is 8.71. The van der Waals surface area contributed by atoms with Gasteiger partial charge in [0, 0.05) is 17.5 Å². The smallest absolute Gasteiger partial charge is 0.330 e. The number of H-pyrrole nitrogens is 1. The van der Waals surface area contributed by atoms with Gasteiger partial charge in [-0.05, 0) is 6.92 Å². The van der Waals surface area contributed by atoms with E-state index in [1.165, 1.54) is 10.8 Å². The Labute approximate surface area is 86.1 Å². The summed E-state index contributed by atoms with van der Waals surface area (Å²) in [5, 5.41) is 0. The molecule has 5 nitrogen and oxygen atoms in total. The molecule has 0 saturated carbocycles. The molecule has 0 atom stereocenters. The van der Waals surface area contributed by atoms with Crippen LogP contribution in [0.5, 0.6) is 0 Å². The van der Waals surface area contributed by atoms with E-state index in [0.29, 0.717) is 17.9 Å². The Morgan fingerprint density at radius 3 is 2.93 bits per heavy atom.